The SMILES string of the molecule is COC(=O)C1(CNCC(C)C)COC1. The van der Waals surface area contributed by atoms with Gasteiger partial charge in [0.15, 0.2) is 0 Å². The lowest BCUT2D eigenvalue weighted by molar-refractivity contribution is -0.182. The number of hydrogen-bond donors (Lipinski definition) is 1. The highest BCUT2D eigenvalue weighted by Crippen LogP contribution is 2.28. The maximum atomic E-state index is 11.4. The van der Waals surface area contributed by atoms with E-state index in [-0.39, 0.29) is 5.97 Å². The van der Waals surface area contributed by atoms with E-state index in [9.17, 15) is 4.79 Å². The highest BCUT2D eigenvalue weighted by molar-refractivity contribution is 5.78. The molecule has 1 saturated heterocycles. The van der Waals surface area contributed by atoms with E-state index < -0.39 is 5.41 Å². The number of ether oxygens (including phenoxy) is 2. The Hall–Kier alpha value is -0.610. The molecule has 0 aromatic heterocycles. The molecule has 0 amide bonds. The molecular formula is C10H19NO3. The van der Waals surface area contributed by atoms with Crippen LogP contribution in [0.1, 0.15) is 13.8 Å². The van der Waals surface area contributed by atoms with E-state index in [0.29, 0.717) is 25.7 Å². The zero-order valence-corrected chi connectivity index (χ0v) is 9.13. The van der Waals surface area contributed by atoms with Crippen molar-refractivity contribution in [3.63, 3.8) is 0 Å². The minimum absolute atomic E-state index is 0.167. The van der Waals surface area contributed by atoms with Crippen LogP contribution < -0.4 is 5.32 Å². The van der Waals surface area contributed by atoms with Crippen molar-refractivity contribution >= 4 is 5.97 Å². The van der Waals surface area contributed by atoms with Crippen LogP contribution >= 0.6 is 0 Å². The molecule has 1 aliphatic heterocycles. The van der Waals surface area contributed by atoms with Gasteiger partial charge in [-0.15, -0.1) is 0 Å². The molecule has 82 valence electrons. The molecule has 4 heteroatoms. The fourth-order valence-electron chi connectivity index (χ4n) is 1.46. The minimum Gasteiger partial charge on any atom is -0.468 e. The summed E-state index contributed by atoms with van der Waals surface area (Å²) in [6, 6.07) is 0. The van der Waals surface area contributed by atoms with Crippen molar-refractivity contribution in [2.75, 3.05) is 33.4 Å². The van der Waals surface area contributed by atoms with Crippen LogP contribution in [-0.4, -0.2) is 39.4 Å². The number of carbonyl (C=O) groups excluding carboxylic acids is 1. The first-order valence-electron chi connectivity index (χ1n) is 4.97. The third-order valence-corrected chi connectivity index (χ3v) is 2.39. The Morgan fingerprint density at radius 2 is 2.21 bits per heavy atom. The Morgan fingerprint density at radius 1 is 1.57 bits per heavy atom. The molecule has 4 nitrogen and oxygen atoms in total. The van der Waals surface area contributed by atoms with E-state index in [4.69, 9.17) is 9.47 Å². The fourth-order valence-corrected chi connectivity index (χ4v) is 1.46. The topological polar surface area (TPSA) is 47.6 Å². The maximum Gasteiger partial charge on any atom is 0.317 e. The van der Waals surface area contributed by atoms with E-state index in [0.717, 1.165) is 6.54 Å². The quantitative estimate of drug-likeness (QED) is 0.655. The van der Waals surface area contributed by atoms with Crippen LogP contribution in [0.25, 0.3) is 0 Å². The summed E-state index contributed by atoms with van der Waals surface area (Å²) in [6.07, 6.45) is 0. The predicted octanol–water partition coefficient (Wildman–Crippen LogP) is 0.422. The van der Waals surface area contributed by atoms with E-state index in [1.807, 2.05) is 0 Å². The smallest absolute Gasteiger partial charge is 0.317 e. The van der Waals surface area contributed by atoms with Gasteiger partial charge in [0.1, 0.15) is 5.41 Å². The second-order valence-corrected chi connectivity index (χ2v) is 4.29. The molecule has 0 unspecified atom stereocenters. The van der Waals surface area contributed by atoms with E-state index in [1.165, 1.54) is 7.11 Å². The van der Waals surface area contributed by atoms with Crippen LogP contribution in [0, 0.1) is 11.3 Å². The summed E-state index contributed by atoms with van der Waals surface area (Å²) in [5, 5.41) is 3.26. The van der Waals surface area contributed by atoms with Gasteiger partial charge in [-0.2, -0.15) is 0 Å². The third kappa shape index (κ3) is 2.45. The summed E-state index contributed by atoms with van der Waals surface area (Å²) in [5.41, 5.74) is -0.427. The van der Waals surface area contributed by atoms with Gasteiger partial charge in [0.25, 0.3) is 0 Å². The molecule has 0 atom stereocenters. The molecule has 0 radical (unpaired) electrons. The molecule has 1 heterocycles. The molecule has 1 fully saturated rings. The van der Waals surface area contributed by atoms with Gasteiger partial charge in [-0.05, 0) is 12.5 Å². The predicted molar refractivity (Wildman–Crippen MR) is 53.0 cm³/mol. The van der Waals surface area contributed by atoms with Crippen molar-refractivity contribution in [2.24, 2.45) is 11.3 Å². The Labute approximate surface area is 85.0 Å². The summed E-state index contributed by atoms with van der Waals surface area (Å²) in [5.74, 6) is 0.422. The highest BCUT2D eigenvalue weighted by atomic mass is 16.5. The zero-order valence-electron chi connectivity index (χ0n) is 9.13. The van der Waals surface area contributed by atoms with Crippen LogP contribution in [0.4, 0.5) is 0 Å². The fraction of sp³-hybridized carbons (Fsp3) is 0.900. The lowest BCUT2D eigenvalue weighted by atomic mass is 9.86. The molecule has 0 aliphatic carbocycles. The summed E-state index contributed by atoms with van der Waals surface area (Å²) in [4.78, 5) is 11.4. The summed E-state index contributed by atoms with van der Waals surface area (Å²) >= 11 is 0. The molecule has 0 aromatic carbocycles. The number of hydrogen-bond acceptors (Lipinski definition) is 4. The van der Waals surface area contributed by atoms with Crippen molar-refractivity contribution in [2.45, 2.75) is 13.8 Å². The first-order chi connectivity index (χ1) is 6.60. The van der Waals surface area contributed by atoms with Crippen molar-refractivity contribution in [1.82, 2.24) is 5.32 Å². The minimum atomic E-state index is -0.427. The highest BCUT2D eigenvalue weighted by Gasteiger charge is 2.46. The molecule has 14 heavy (non-hydrogen) atoms. The molecule has 0 spiro atoms. The molecule has 0 saturated carbocycles. The van der Waals surface area contributed by atoms with Gasteiger partial charge < -0.3 is 14.8 Å². The van der Waals surface area contributed by atoms with Crippen LogP contribution in [0.15, 0.2) is 0 Å². The number of nitrogens with one attached hydrogen (secondary N) is 1. The second-order valence-electron chi connectivity index (χ2n) is 4.29. The van der Waals surface area contributed by atoms with Gasteiger partial charge in [-0.25, -0.2) is 0 Å². The van der Waals surface area contributed by atoms with Crippen LogP contribution in [-0.2, 0) is 14.3 Å². The lowest BCUT2D eigenvalue weighted by Crippen LogP contribution is -2.55. The van der Waals surface area contributed by atoms with Gasteiger partial charge in [-0.3, -0.25) is 4.79 Å². The van der Waals surface area contributed by atoms with Crippen LogP contribution in [0.5, 0.6) is 0 Å². The van der Waals surface area contributed by atoms with Gasteiger partial charge >= 0.3 is 5.97 Å². The molecule has 0 aromatic rings. The molecular weight excluding hydrogens is 182 g/mol. The van der Waals surface area contributed by atoms with E-state index in [1.54, 1.807) is 0 Å². The molecule has 1 rings (SSSR count). The number of carbonyl (C=O) groups is 1. The second kappa shape index (κ2) is 4.75. The third-order valence-electron chi connectivity index (χ3n) is 2.39. The summed E-state index contributed by atoms with van der Waals surface area (Å²) in [6.45, 7) is 6.79. The normalized spacial score (nSPS) is 19.1. The van der Waals surface area contributed by atoms with Crippen molar-refractivity contribution < 1.29 is 14.3 Å². The number of esters is 1. The summed E-state index contributed by atoms with van der Waals surface area (Å²) < 4.78 is 9.83. The van der Waals surface area contributed by atoms with Crippen LogP contribution in [0.2, 0.25) is 0 Å². The van der Waals surface area contributed by atoms with E-state index >= 15 is 0 Å². The standard InChI is InChI=1S/C10H19NO3/c1-8(2)4-11-5-10(6-14-7-10)9(12)13-3/h8,11H,4-7H2,1-3H3. The zero-order chi connectivity index (χ0) is 10.6. The first-order valence-corrected chi connectivity index (χ1v) is 4.97. The lowest BCUT2D eigenvalue weighted by Gasteiger charge is -2.38. The molecule has 1 aliphatic rings. The molecule has 1 N–H and O–H groups in total. The monoisotopic (exact) mass is 201 g/mol. The average Bonchev–Trinajstić information content (AvgIpc) is 2.08. The van der Waals surface area contributed by atoms with Gasteiger partial charge in [0.2, 0.25) is 0 Å². The Morgan fingerprint density at radius 3 is 2.57 bits per heavy atom. The maximum absolute atomic E-state index is 11.4. The van der Waals surface area contributed by atoms with Crippen LogP contribution in [0.3, 0.4) is 0 Å². The van der Waals surface area contributed by atoms with Gasteiger partial charge in [-0.1, -0.05) is 13.8 Å². The van der Waals surface area contributed by atoms with E-state index in [2.05, 4.69) is 19.2 Å². The van der Waals surface area contributed by atoms with Crippen molar-refractivity contribution in [1.29, 1.82) is 0 Å². The summed E-state index contributed by atoms with van der Waals surface area (Å²) in [7, 11) is 1.42. The number of methoxy groups -OCH3 is 1. The average molecular weight is 201 g/mol. The molecule has 0 bridgehead atoms. The number of rotatable bonds is 5. The van der Waals surface area contributed by atoms with Crippen molar-refractivity contribution in [3.8, 4) is 0 Å². The Balaban J connectivity index is 2.34. The largest absolute Gasteiger partial charge is 0.468 e. The Bertz CT molecular complexity index is 200. The first kappa shape index (κ1) is 11.5. The van der Waals surface area contributed by atoms with Gasteiger partial charge in [0.05, 0.1) is 20.3 Å². The van der Waals surface area contributed by atoms with Gasteiger partial charge in [0, 0.05) is 6.54 Å². The van der Waals surface area contributed by atoms with Crippen molar-refractivity contribution in [3.05, 3.63) is 0 Å². The Kier molecular flexibility index (Phi) is 3.89.